The summed E-state index contributed by atoms with van der Waals surface area (Å²) >= 11 is 0. The molecule has 1 N–H and O–H groups in total. The zero-order chi connectivity index (χ0) is 18.8. The van der Waals surface area contributed by atoms with Crippen LogP contribution in [0.25, 0.3) is 5.69 Å². The van der Waals surface area contributed by atoms with Gasteiger partial charge in [-0.2, -0.15) is 5.10 Å². The number of aromatic nitrogens is 6. The summed E-state index contributed by atoms with van der Waals surface area (Å²) in [6.45, 7) is 3.71. The Bertz CT molecular complexity index is 918. The van der Waals surface area contributed by atoms with Crippen molar-refractivity contribution in [2.75, 3.05) is 6.54 Å². The highest BCUT2D eigenvalue weighted by Crippen LogP contribution is 2.20. The predicted octanol–water partition coefficient (Wildman–Crippen LogP) is 0.887. The number of fused-ring (bicyclic) bond motifs is 1. The third-order valence-corrected chi connectivity index (χ3v) is 4.80. The summed E-state index contributed by atoms with van der Waals surface area (Å²) in [5, 5.41) is 25.5. The lowest BCUT2D eigenvalue weighted by molar-refractivity contribution is -0.132. The van der Waals surface area contributed by atoms with Crippen LogP contribution in [0.15, 0.2) is 36.7 Å². The smallest absolute Gasteiger partial charge is 0.227 e. The maximum atomic E-state index is 12.7. The lowest BCUT2D eigenvalue weighted by Crippen LogP contribution is -2.39. The van der Waals surface area contributed by atoms with Gasteiger partial charge >= 0.3 is 0 Å². The van der Waals surface area contributed by atoms with Crippen molar-refractivity contribution in [3.63, 3.8) is 0 Å². The van der Waals surface area contributed by atoms with Crippen molar-refractivity contribution in [1.82, 2.24) is 34.9 Å². The van der Waals surface area contributed by atoms with E-state index in [4.69, 9.17) is 0 Å². The Kier molecular flexibility index (Phi) is 4.68. The number of rotatable bonds is 5. The van der Waals surface area contributed by atoms with E-state index in [0.717, 1.165) is 16.9 Å². The third kappa shape index (κ3) is 3.59. The van der Waals surface area contributed by atoms with Gasteiger partial charge in [0.2, 0.25) is 5.91 Å². The molecule has 1 amide bonds. The molecular weight excluding hydrogens is 346 g/mol. The first-order valence-corrected chi connectivity index (χ1v) is 8.99. The molecule has 140 valence electrons. The van der Waals surface area contributed by atoms with Crippen LogP contribution in [0.2, 0.25) is 0 Å². The summed E-state index contributed by atoms with van der Waals surface area (Å²) in [5.74, 6) is 0.0789. The van der Waals surface area contributed by atoms with Crippen LogP contribution in [0.4, 0.5) is 0 Å². The number of benzene rings is 1. The lowest BCUT2D eigenvalue weighted by Gasteiger charge is -2.27. The molecule has 3 heterocycles. The molecule has 1 aliphatic rings. The van der Waals surface area contributed by atoms with Crippen LogP contribution in [0.5, 0.6) is 0 Å². The van der Waals surface area contributed by atoms with Gasteiger partial charge in [0, 0.05) is 6.54 Å². The fourth-order valence-corrected chi connectivity index (χ4v) is 3.21. The number of hydrogen-bond donors (Lipinski definition) is 1. The monoisotopic (exact) mass is 367 g/mol. The van der Waals surface area contributed by atoms with Gasteiger partial charge in [0.15, 0.2) is 0 Å². The van der Waals surface area contributed by atoms with Crippen molar-refractivity contribution in [2.45, 2.75) is 39.0 Å². The highest BCUT2D eigenvalue weighted by atomic mass is 16.3. The fraction of sp³-hybridized carbons (Fsp3) is 0.389. The van der Waals surface area contributed by atoms with Gasteiger partial charge in [-0.05, 0) is 40.6 Å². The van der Waals surface area contributed by atoms with E-state index in [-0.39, 0.29) is 5.91 Å². The van der Waals surface area contributed by atoms with Crippen molar-refractivity contribution >= 4 is 5.91 Å². The molecule has 4 rings (SSSR count). The van der Waals surface area contributed by atoms with E-state index < -0.39 is 6.10 Å². The minimum Gasteiger partial charge on any atom is -0.387 e. The SMILES string of the molecule is CCC(O)c1cc2n(n1)CCN(C(=O)Cc1ccc(-n3cnnn3)cc1)C2. The van der Waals surface area contributed by atoms with Crippen molar-refractivity contribution in [2.24, 2.45) is 0 Å². The fourth-order valence-electron chi connectivity index (χ4n) is 3.21. The van der Waals surface area contributed by atoms with Crippen molar-refractivity contribution in [3.8, 4) is 5.69 Å². The largest absolute Gasteiger partial charge is 0.387 e. The first-order valence-electron chi connectivity index (χ1n) is 8.99. The van der Waals surface area contributed by atoms with Crippen LogP contribution in [0.1, 0.15) is 36.4 Å². The van der Waals surface area contributed by atoms with Gasteiger partial charge in [-0.3, -0.25) is 9.48 Å². The van der Waals surface area contributed by atoms with E-state index in [1.54, 1.807) is 4.68 Å². The number of aliphatic hydroxyl groups excluding tert-OH is 1. The average molecular weight is 367 g/mol. The first kappa shape index (κ1) is 17.3. The van der Waals surface area contributed by atoms with E-state index >= 15 is 0 Å². The molecule has 9 nitrogen and oxygen atoms in total. The normalized spacial score (nSPS) is 14.8. The molecule has 27 heavy (non-hydrogen) atoms. The van der Waals surface area contributed by atoms with Gasteiger partial charge < -0.3 is 10.0 Å². The molecule has 2 aromatic heterocycles. The average Bonchev–Trinajstić information content (AvgIpc) is 3.37. The highest BCUT2D eigenvalue weighted by Gasteiger charge is 2.23. The van der Waals surface area contributed by atoms with E-state index in [1.807, 2.05) is 46.8 Å². The van der Waals surface area contributed by atoms with Crippen LogP contribution in [0, 0.1) is 0 Å². The van der Waals surface area contributed by atoms with Gasteiger partial charge in [-0.1, -0.05) is 19.1 Å². The lowest BCUT2D eigenvalue weighted by atomic mass is 10.1. The van der Waals surface area contributed by atoms with Crippen molar-refractivity contribution in [3.05, 3.63) is 53.6 Å². The molecule has 0 saturated heterocycles. The number of tetrazole rings is 1. The molecule has 1 aromatic carbocycles. The third-order valence-electron chi connectivity index (χ3n) is 4.80. The molecule has 0 radical (unpaired) electrons. The van der Waals surface area contributed by atoms with E-state index in [9.17, 15) is 9.90 Å². The molecule has 0 spiro atoms. The Morgan fingerprint density at radius 2 is 2.07 bits per heavy atom. The second-order valence-corrected chi connectivity index (χ2v) is 6.62. The number of amides is 1. The summed E-state index contributed by atoms with van der Waals surface area (Å²) < 4.78 is 3.46. The molecule has 1 unspecified atom stereocenters. The minimum atomic E-state index is -0.550. The summed E-state index contributed by atoms with van der Waals surface area (Å²) in [4.78, 5) is 14.5. The number of nitrogens with zero attached hydrogens (tertiary/aromatic N) is 7. The van der Waals surface area contributed by atoms with Crippen LogP contribution in [-0.2, 0) is 24.3 Å². The Morgan fingerprint density at radius 3 is 2.78 bits per heavy atom. The Labute approximate surface area is 156 Å². The summed E-state index contributed by atoms with van der Waals surface area (Å²) in [6, 6.07) is 9.51. The molecule has 0 saturated carbocycles. The maximum Gasteiger partial charge on any atom is 0.227 e. The highest BCUT2D eigenvalue weighted by molar-refractivity contribution is 5.79. The standard InChI is InChI=1S/C18H21N7O2/c1-2-17(26)16-10-15-11-23(7-8-24(15)20-16)18(27)9-13-3-5-14(6-4-13)25-12-19-21-22-25/h3-6,10,12,17,26H,2,7-9,11H2,1H3. The zero-order valence-electron chi connectivity index (χ0n) is 15.1. The van der Waals surface area contributed by atoms with Gasteiger partial charge in [0.25, 0.3) is 0 Å². The van der Waals surface area contributed by atoms with E-state index in [1.165, 1.54) is 6.33 Å². The van der Waals surface area contributed by atoms with Crippen molar-refractivity contribution in [1.29, 1.82) is 0 Å². The number of carbonyl (C=O) groups excluding carboxylic acids is 1. The summed E-state index contributed by atoms with van der Waals surface area (Å²) in [5.41, 5.74) is 3.43. The minimum absolute atomic E-state index is 0.0789. The molecule has 0 aliphatic carbocycles. The van der Waals surface area contributed by atoms with Gasteiger partial charge in [-0.25, -0.2) is 4.68 Å². The van der Waals surface area contributed by atoms with Crippen LogP contribution < -0.4 is 0 Å². The number of aliphatic hydroxyl groups is 1. The Hall–Kier alpha value is -3.07. The maximum absolute atomic E-state index is 12.7. The zero-order valence-corrected chi connectivity index (χ0v) is 15.1. The molecule has 1 atom stereocenters. The second kappa shape index (κ2) is 7.28. The molecular formula is C18H21N7O2. The molecule has 1 aliphatic heterocycles. The van der Waals surface area contributed by atoms with Gasteiger partial charge in [-0.15, -0.1) is 5.10 Å². The number of hydrogen-bond acceptors (Lipinski definition) is 6. The van der Waals surface area contributed by atoms with E-state index in [2.05, 4.69) is 20.6 Å². The molecule has 3 aromatic rings. The van der Waals surface area contributed by atoms with Crippen molar-refractivity contribution < 1.29 is 9.90 Å². The summed E-state index contributed by atoms with van der Waals surface area (Å²) in [6.07, 6.45) is 1.94. The first-order chi connectivity index (χ1) is 13.1. The molecule has 0 bridgehead atoms. The molecule has 9 heteroatoms. The van der Waals surface area contributed by atoms with Crippen LogP contribution in [0.3, 0.4) is 0 Å². The Morgan fingerprint density at radius 1 is 1.26 bits per heavy atom. The van der Waals surface area contributed by atoms with E-state index in [0.29, 0.717) is 38.2 Å². The second-order valence-electron chi connectivity index (χ2n) is 6.62. The summed E-state index contributed by atoms with van der Waals surface area (Å²) in [7, 11) is 0. The Balaban J connectivity index is 1.41. The molecule has 0 fully saturated rings. The topological polar surface area (TPSA) is 102 Å². The quantitative estimate of drug-likeness (QED) is 0.718. The predicted molar refractivity (Wildman–Crippen MR) is 95.8 cm³/mol. The van der Waals surface area contributed by atoms with Crippen LogP contribution >= 0.6 is 0 Å². The number of carbonyl (C=O) groups is 1. The van der Waals surface area contributed by atoms with Gasteiger partial charge in [0.1, 0.15) is 6.33 Å². The van der Waals surface area contributed by atoms with Crippen LogP contribution in [-0.4, -0.2) is 52.4 Å². The van der Waals surface area contributed by atoms with Gasteiger partial charge in [0.05, 0.1) is 42.7 Å².